The molecule has 2 aromatic carbocycles. The molecule has 1 aliphatic rings. The number of fused-ring (bicyclic) bond motifs is 3. The SMILES string of the molecule is Cc1ccc(-n2c(O)c([C@H]3NCCc4c3[nH]c3ccccc43)c(=O)[nH]c2=O)cc1Cl. The fourth-order valence-electron chi connectivity index (χ4n) is 4.19. The van der Waals surface area contributed by atoms with Gasteiger partial charge < -0.3 is 15.4 Å². The van der Waals surface area contributed by atoms with Gasteiger partial charge in [-0.15, -0.1) is 0 Å². The zero-order chi connectivity index (χ0) is 21.0. The molecular formula is C22H19ClN4O3. The van der Waals surface area contributed by atoms with E-state index in [-0.39, 0.29) is 5.56 Å². The van der Waals surface area contributed by atoms with E-state index in [0.717, 1.165) is 38.7 Å². The Balaban J connectivity index is 1.74. The van der Waals surface area contributed by atoms with Crippen molar-refractivity contribution in [3.05, 3.63) is 90.7 Å². The number of aromatic nitrogens is 3. The molecule has 0 spiro atoms. The van der Waals surface area contributed by atoms with Gasteiger partial charge in [-0.05, 0) is 42.7 Å². The predicted molar refractivity (Wildman–Crippen MR) is 116 cm³/mol. The fraction of sp³-hybridized carbons (Fsp3) is 0.182. The molecule has 0 fully saturated rings. The summed E-state index contributed by atoms with van der Waals surface area (Å²) in [6, 6.07) is 12.4. The number of para-hydroxylation sites is 1. The average Bonchev–Trinajstić information content (AvgIpc) is 3.10. The highest BCUT2D eigenvalue weighted by Gasteiger charge is 2.31. The summed E-state index contributed by atoms with van der Waals surface area (Å²) in [5.41, 5.74) is 2.82. The maximum absolute atomic E-state index is 12.8. The smallest absolute Gasteiger partial charge is 0.335 e. The van der Waals surface area contributed by atoms with Crippen LogP contribution in [0.25, 0.3) is 16.6 Å². The summed E-state index contributed by atoms with van der Waals surface area (Å²) in [5.74, 6) is -0.410. The first kappa shape index (κ1) is 18.7. The van der Waals surface area contributed by atoms with Gasteiger partial charge in [0.2, 0.25) is 5.88 Å². The molecule has 152 valence electrons. The highest BCUT2D eigenvalue weighted by molar-refractivity contribution is 6.31. The third-order valence-electron chi connectivity index (χ3n) is 5.68. The summed E-state index contributed by atoms with van der Waals surface area (Å²) >= 11 is 6.21. The summed E-state index contributed by atoms with van der Waals surface area (Å²) < 4.78 is 1.07. The maximum atomic E-state index is 12.8. The van der Waals surface area contributed by atoms with Crippen molar-refractivity contribution in [3.8, 4) is 11.6 Å². The molecule has 7 nitrogen and oxygen atoms in total. The Morgan fingerprint density at radius 2 is 1.93 bits per heavy atom. The lowest BCUT2D eigenvalue weighted by atomic mass is 9.95. The molecule has 1 aliphatic heterocycles. The first-order chi connectivity index (χ1) is 14.5. The number of nitrogens with one attached hydrogen (secondary N) is 3. The number of hydrogen-bond acceptors (Lipinski definition) is 4. The topological polar surface area (TPSA) is 103 Å². The van der Waals surface area contributed by atoms with Crippen molar-refractivity contribution in [3.63, 3.8) is 0 Å². The van der Waals surface area contributed by atoms with Crippen molar-refractivity contribution in [2.75, 3.05) is 6.54 Å². The molecule has 0 unspecified atom stereocenters. The molecule has 0 aliphatic carbocycles. The second-order valence-corrected chi connectivity index (χ2v) is 7.87. The lowest BCUT2D eigenvalue weighted by Gasteiger charge is -2.25. The maximum Gasteiger partial charge on any atom is 0.335 e. The molecule has 30 heavy (non-hydrogen) atoms. The van der Waals surface area contributed by atoms with Gasteiger partial charge >= 0.3 is 5.69 Å². The van der Waals surface area contributed by atoms with Crippen LogP contribution in [0.15, 0.2) is 52.1 Å². The number of benzene rings is 2. The van der Waals surface area contributed by atoms with Gasteiger partial charge in [-0.25, -0.2) is 9.36 Å². The summed E-state index contributed by atoms with van der Waals surface area (Å²) in [4.78, 5) is 31.0. The van der Waals surface area contributed by atoms with Gasteiger partial charge in [0.25, 0.3) is 5.56 Å². The van der Waals surface area contributed by atoms with E-state index in [9.17, 15) is 14.7 Å². The molecule has 0 radical (unpaired) electrons. The van der Waals surface area contributed by atoms with Crippen molar-refractivity contribution in [2.45, 2.75) is 19.4 Å². The largest absolute Gasteiger partial charge is 0.494 e. The number of H-pyrrole nitrogens is 2. The highest BCUT2D eigenvalue weighted by atomic mass is 35.5. The number of rotatable bonds is 2. The van der Waals surface area contributed by atoms with Gasteiger partial charge in [-0.1, -0.05) is 35.9 Å². The van der Waals surface area contributed by atoms with Crippen molar-refractivity contribution in [1.82, 2.24) is 19.9 Å². The first-order valence-electron chi connectivity index (χ1n) is 9.63. The first-order valence-corrected chi connectivity index (χ1v) is 10.0. The standard InChI is InChI=1S/C22H19ClN4O3/c1-11-6-7-12(10-15(11)23)27-21(29)17(20(28)26-22(27)30)19-18-14(8-9-24-19)13-4-2-3-5-16(13)25-18/h2-7,10,19,24-25,29H,8-9H2,1H3,(H,26,28,30)/t19-/m1/s1. The Morgan fingerprint density at radius 1 is 1.13 bits per heavy atom. The van der Waals surface area contributed by atoms with E-state index in [4.69, 9.17) is 11.6 Å². The third-order valence-corrected chi connectivity index (χ3v) is 6.09. The molecule has 0 bridgehead atoms. The highest BCUT2D eigenvalue weighted by Crippen LogP contribution is 2.35. The van der Waals surface area contributed by atoms with E-state index in [1.165, 1.54) is 0 Å². The van der Waals surface area contributed by atoms with Gasteiger partial charge in [-0.2, -0.15) is 0 Å². The second-order valence-electron chi connectivity index (χ2n) is 7.47. The summed E-state index contributed by atoms with van der Waals surface area (Å²) in [7, 11) is 0. The molecule has 0 saturated heterocycles. The van der Waals surface area contributed by atoms with E-state index in [0.29, 0.717) is 17.3 Å². The number of nitrogens with zero attached hydrogens (tertiary/aromatic N) is 1. The van der Waals surface area contributed by atoms with Gasteiger partial charge in [0, 0.05) is 28.2 Å². The Labute approximate surface area is 176 Å². The fourth-order valence-corrected chi connectivity index (χ4v) is 4.36. The van der Waals surface area contributed by atoms with Crippen LogP contribution in [0.4, 0.5) is 0 Å². The van der Waals surface area contributed by atoms with Crippen LogP contribution in [0, 0.1) is 6.92 Å². The monoisotopic (exact) mass is 422 g/mol. The summed E-state index contributed by atoms with van der Waals surface area (Å²) in [6.07, 6.45) is 0.793. The van der Waals surface area contributed by atoms with E-state index >= 15 is 0 Å². The molecule has 0 saturated carbocycles. The van der Waals surface area contributed by atoms with Gasteiger partial charge in [0.05, 0.1) is 11.7 Å². The van der Waals surface area contributed by atoms with Gasteiger partial charge in [-0.3, -0.25) is 9.78 Å². The van der Waals surface area contributed by atoms with E-state index in [1.54, 1.807) is 18.2 Å². The molecule has 1 atom stereocenters. The minimum absolute atomic E-state index is 0.0822. The second kappa shape index (κ2) is 6.90. The van der Waals surface area contributed by atoms with Crippen LogP contribution in [0.1, 0.15) is 28.4 Å². The number of aromatic hydroxyl groups is 1. The van der Waals surface area contributed by atoms with Crippen molar-refractivity contribution < 1.29 is 5.11 Å². The average molecular weight is 423 g/mol. The van der Waals surface area contributed by atoms with Crippen LogP contribution >= 0.6 is 11.6 Å². The van der Waals surface area contributed by atoms with Crippen molar-refractivity contribution in [1.29, 1.82) is 0 Å². The molecule has 2 aromatic heterocycles. The van der Waals surface area contributed by atoms with E-state index < -0.39 is 23.2 Å². The molecule has 0 amide bonds. The molecular weight excluding hydrogens is 404 g/mol. The normalized spacial score (nSPS) is 16.0. The number of hydrogen-bond donors (Lipinski definition) is 4. The number of halogens is 1. The van der Waals surface area contributed by atoms with Crippen molar-refractivity contribution >= 4 is 22.5 Å². The lowest BCUT2D eigenvalue weighted by molar-refractivity contribution is 0.410. The van der Waals surface area contributed by atoms with E-state index in [1.807, 2.05) is 31.2 Å². The Morgan fingerprint density at radius 3 is 2.73 bits per heavy atom. The predicted octanol–water partition coefficient (Wildman–Crippen LogP) is 2.91. The third kappa shape index (κ3) is 2.78. The van der Waals surface area contributed by atoms with Crippen LogP contribution in [0.5, 0.6) is 5.88 Å². The van der Waals surface area contributed by atoms with E-state index in [2.05, 4.69) is 15.3 Å². The van der Waals surface area contributed by atoms with Crippen LogP contribution in [-0.2, 0) is 6.42 Å². The molecule has 4 N–H and O–H groups in total. The zero-order valence-electron chi connectivity index (χ0n) is 16.1. The molecule has 5 rings (SSSR count). The van der Waals surface area contributed by atoms with Gasteiger partial charge in [0.1, 0.15) is 5.56 Å². The Hall–Kier alpha value is -3.29. The van der Waals surface area contributed by atoms with Crippen LogP contribution in [0.3, 0.4) is 0 Å². The molecule has 3 heterocycles. The summed E-state index contributed by atoms with van der Waals surface area (Å²) in [6.45, 7) is 2.48. The van der Waals surface area contributed by atoms with Crippen molar-refractivity contribution in [2.24, 2.45) is 0 Å². The molecule has 8 heteroatoms. The number of aromatic amines is 2. The lowest BCUT2D eigenvalue weighted by Crippen LogP contribution is -2.38. The minimum atomic E-state index is -0.728. The summed E-state index contributed by atoms with van der Waals surface area (Å²) in [5, 5.41) is 15.9. The van der Waals surface area contributed by atoms with Gasteiger partial charge in [0.15, 0.2) is 0 Å². The Kier molecular flexibility index (Phi) is 4.30. The van der Waals surface area contributed by atoms with Crippen LogP contribution in [-0.4, -0.2) is 26.2 Å². The quantitative estimate of drug-likeness (QED) is 0.399. The minimum Gasteiger partial charge on any atom is -0.494 e. The number of aryl methyl sites for hydroxylation is 1. The Bertz CT molecular complexity index is 1420. The van der Waals surface area contributed by atoms with Crippen LogP contribution < -0.4 is 16.6 Å². The zero-order valence-corrected chi connectivity index (χ0v) is 16.9. The van der Waals surface area contributed by atoms with Crippen LogP contribution in [0.2, 0.25) is 5.02 Å². The molecule has 4 aromatic rings.